The Morgan fingerprint density at radius 1 is 1.24 bits per heavy atom. The number of hydroxylamine groups is 1. The van der Waals surface area contributed by atoms with Gasteiger partial charge in [0.15, 0.2) is 0 Å². The van der Waals surface area contributed by atoms with Crippen molar-refractivity contribution in [1.29, 1.82) is 0 Å². The Hall–Kier alpha value is -2.72. The number of carbonyl (C=O) groups is 1. The lowest BCUT2D eigenvalue weighted by Gasteiger charge is -2.16. The lowest BCUT2D eigenvalue weighted by molar-refractivity contribution is -0.0258. The van der Waals surface area contributed by atoms with E-state index >= 15 is 0 Å². The minimum Gasteiger partial charge on any atom is -0.348 e. The molecule has 0 radical (unpaired) electrons. The molecule has 1 aromatic heterocycles. The Morgan fingerprint density at radius 2 is 2.00 bits per heavy atom. The summed E-state index contributed by atoms with van der Waals surface area (Å²) in [5.74, 6) is -0.437. The summed E-state index contributed by atoms with van der Waals surface area (Å²) in [5, 5.41) is 7.00. The van der Waals surface area contributed by atoms with Gasteiger partial charge in [0.2, 0.25) is 0 Å². The Morgan fingerprint density at radius 3 is 2.69 bits per heavy atom. The van der Waals surface area contributed by atoms with Crippen molar-refractivity contribution in [3.63, 3.8) is 0 Å². The molecular formula is C19H19ClN4O4S. The summed E-state index contributed by atoms with van der Waals surface area (Å²) < 4.78 is 27.4. The molecule has 8 nitrogen and oxygen atoms in total. The van der Waals surface area contributed by atoms with Crippen LogP contribution in [0.5, 0.6) is 0 Å². The number of nitrogens with one attached hydrogen (secondary N) is 1. The quantitative estimate of drug-likeness (QED) is 0.577. The molecular weight excluding hydrogens is 416 g/mol. The number of nitrogens with zero attached hydrogens (tertiary/aromatic N) is 3. The normalized spacial score (nSPS) is 11.6. The molecule has 3 rings (SSSR count). The summed E-state index contributed by atoms with van der Waals surface area (Å²) in [4.78, 5) is 17.2. The second kappa shape index (κ2) is 8.75. The molecule has 152 valence electrons. The first-order valence-electron chi connectivity index (χ1n) is 8.53. The van der Waals surface area contributed by atoms with Gasteiger partial charge in [-0.3, -0.25) is 9.63 Å². The Kier molecular flexibility index (Phi) is 6.33. The maximum absolute atomic E-state index is 12.6. The first kappa shape index (κ1) is 21.0. The van der Waals surface area contributed by atoms with Gasteiger partial charge in [0.25, 0.3) is 15.9 Å². The van der Waals surface area contributed by atoms with Gasteiger partial charge in [0.1, 0.15) is 4.90 Å². The number of rotatable bonds is 7. The van der Waals surface area contributed by atoms with Crippen LogP contribution in [-0.4, -0.2) is 42.7 Å². The number of aromatic nitrogens is 2. The number of hydrogen-bond donors (Lipinski definition) is 1. The number of hydrogen-bond acceptors (Lipinski definition) is 5. The first-order chi connectivity index (χ1) is 13.8. The molecule has 1 N–H and O–H groups in total. The molecule has 0 saturated heterocycles. The summed E-state index contributed by atoms with van der Waals surface area (Å²) in [7, 11) is -1.53. The molecule has 0 aliphatic rings. The molecule has 10 heteroatoms. The Labute approximate surface area is 173 Å². The van der Waals surface area contributed by atoms with Crippen LogP contribution in [0.1, 0.15) is 15.9 Å². The number of halogens is 1. The average molecular weight is 435 g/mol. The number of sulfonamides is 1. The molecule has 0 spiro atoms. The summed E-state index contributed by atoms with van der Waals surface area (Å²) in [6.07, 6.45) is 3.48. The maximum atomic E-state index is 12.6. The zero-order valence-electron chi connectivity index (χ0n) is 15.7. The second-order valence-electron chi connectivity index (χ2n) is 6.00. The van der Waals surface area contributed by atoms with Gasteiger partial charge in [-0.2, -0.15) is 5.10 Å². The Balaban J connectivity index is 1.82. The third-order valence-electron chi connectivity index (χ3n) is 4.25. The highest BCUT2D eigenvalue weighted by Crippen LogP contribution is 2.25. The molecule has 0 aliphatic carbocycles. The molecule has 0 unspecified atom stereocenters. The van der Waals surface area contributed by atoms with Crippen LogP contribution in [-0.2, 0) is 21.4 Å². The van der Waals surface area contributed by atoms with Crippen molar-refractivity contribution in [2.75, 3.05) is 14.2 Å². The van der Waals surface area contributed by atoms with E-state index in [1.165, 1.54) is 32.4 Å². The van der Waals surface area contributed by atoms with Crippen LogP contribution in [0.15, 0.2) is 65.8 Å². The Bertz CT molecular complexity index is 1120. The molecule has 0 saturated carbocycles. The largest absolute Gasteiger partial charge is 0.348 e. The molecule has 0 atom stereocenters. The van der Waals surface area contributed by atoms with Crippen LogP contribution in [0.25, 0.3) is 5.69 Å². The maximum Gasteiger partial charge on any atom is 0.266 e. The van der Waals surface area contributed by atoms with Crippen LogP contribution in [0.4, 0.5) is 0 Å². The molecule has 1 heterocycles. The molecule has 2 aromatic carbocycles. The van der Waals surface area contributed by atoms with Crippen molar-refractivity contribution in [3.05, 3.63) is 77.1 Å². The predicted molar refractivity (Wildman–Crippen MR) is 108 cm³/mol. The highest BCUT2D eigenvalue weighted by Gasteiger charge is 2.25. The predicted octanol–water partition coefficient (Wildman–Crippen LogP) is 2.64. The minimum absolute atomic E-state index is 0.00511. The van der Waals surface area contributed by atoms with E-state index in [1.807, 2.05) is 36.5 Å². The first-order valence-corrected chi connectivity index (χ1v) is 10.3. The molecule has 3 aromatic rings. The van der Waals surface area contributed by atoms with Crippen LogP contribution in [0.3, 0.4) is 0 Å². The third-order valence-corrected chi connectivity index (χ3v) is 6.41. The lowest BCUT2D eigenvalue weighted by Crippen LogP contribution is -2.27. The van der Waals surface area contributed by atoms with Crippen molar-refractivity contribution in [2.45, 2.75) is 11.4 Å². The van der Waals surface area contributed by atoms with Gasteiger partial charge in [0.05, 0.1) is 17.8 Å². The van der Waals surface area contributed by atoms with Crippen LogP contribution in [0, 0.1) is 0 Å². The monoisotopic (exact) mass is 434 g/mol. The summed E-state index contributed by atoms with van der Waals surface area (Å²) in [5.41, 5.74) is 1.85. The molecule has 0 bridgehead atoms. The smallest absolute Gasteiger partial charge is 0.266 e. The lowest BCUT2D eigenvalue weighted by atomic mass is 10.1. The summed E-state index contributed by atoms with van der Waals surface area (Å²) in [6.45, 7) is 0.234. The van der Waals surface area contributed by atoms with E-state index in [2.05, 4.69) is 10.4 Å². The fourth-order valence-electron chi connectivity index (χ4n) is 2.65. The highest BCUT2D eigenvalue weighted by molar-refractivity contribution is 7.89. The second-order valence-corrected chi connectivity index (χ2v) is 8.32. The van der Waals surface area contributed by atoms with Crippen molar-refractivity contribution in [3.8, 4) is 5.69 Å². The SMILES string of the molecule is CON(C)S(=O)(=O)c1cc(C(=O)NCc2ccccc2-n2cccn2)ccc1Cl. The van der Waals surface area contributed by atoms with Gasteiger partial charge in [-0.1, -0.05) is 34.3 Å². The highest BCUT2D eigenvalue weighted by atomic mass is 35.5. The van der Waals surface area contributed by atoms with Gasteiger partial charge in [0, 0.05) is 31.5 Å². The van der Waals surface area contributed by atoms with E-state index in [0.29, 0.717) is 4.47 Å². The van der Waals surface area contributed by atoms with Crippen molar-refractivity contribution >= 4 is 27.5 Å². The van der Waals surface area contributed by atoms with E-state index in [-0.39, 0.29) is 22.0 Å². The van der Waals surface area contributed by atoms with Gasteiger partial charge in [-0.25, -0.2) is 13.1 Å². The van der Waals surface area contributed by atoms with Gasteiger partial charge >= 0.3 is 0 Å². The number of carbonyl (C=O) groups excluding carboxylic acids is 1. The van der Waals surface area contributed by atoms with E-state index in [1.54, 1.807) is 10.9 Å². The topological polar surface area (TPSA) is 93.5 Å². The minimum atomic E-state index is -3.99. The van der Waals surface area contributed by atoms with E-state index in [4.69, 9.17) is 16.4 Å². The standard InChI is InChI=1S/C19H19ClN4O4S/c1-23(28-2)29(26,27)18-12-14(8-9-16(18)20)19(25)21-13-15-6-3-4-7-17(15)24-11-5-10-22-24/h3-12H,13H2,1-2H3,(H,21,25). The molecule has 0 fully saturated rings. The van der Waals surface area contributed by atoms with Crippen molar-refractivity contribution in [2.24, 2.45) is 0 Å². The number of para-hydroxylation sites is 1. The van der Waals surface area contributed by atoms with Gasteiger partial charge in [-0.05, 0) is 35.9 Å². The van der Waals surface area contributed by atoms with Gasteiger partial charge in [-0.15, -0.1) is 0 Å². The molecule has 0 aliphatic heterocycles. The third kappa shape index (κ3) is 4.48. The van der Waals surface area contributed by atoms with Gasteiger partial charge < -0.3 is 5.32 Å². The van der Waals surface area contributed by atoms with Crippen molar-refractivity contribution in [1.82, 2.24) is 19.6 Å². The zero-order chi connectivity index (χ0) is 21.0. The van der Waals surface area contributed by atoms with Crippen LogP contribution >= 0.6 is 11.6 Å². The fraction of sp³-hybridized carbons (Fsp3) is 0.158. The zero-order valence-corrected chi connectivity index (χ0v) is 17.3. The molecule has 29 heavy (non-hydrogen) atoms. The molecule has 1 amide bonds. The number of amides is 1. The van der Waals surface area contributed by atoms with E-state index in [9.17, 15) is 13.2 Å². The van der Waals surface area contributed by atoms with E-state index in [0.717, 1.165) is 11.3 Å². The average Bonchev–Trinajstić information content (AvgIpc) is 3.26. The number of benzene rings is 2. The van der Waals surface area contributed by atoms with Crippen LogP contribution < -0.4 is 5.32 Å². The fourth-order valence-corrected chi connectivity index (χ4v) is 4.13. The van der Waals surface area contributed by atoms with Crippen LogP contribution in [0.2, 0.25) is 5.02 Å². The van der Waals surface area contributed by atoms with Crippen molar-refractivity contribution < 1.29 is 18.0 Å². The summed E-state index contributed by atoms with van der Waals surface area (Å²) >= 11 is 6.03. The summed E-state index contributed by atoms with van der Waals surface area (Å²) in [6, 6.07) is 13.4. The van der Waals surface area contributed by atoms with E-state index < -0.39 is 15.9 Å².